The Morgan fingerprint density at radius 3 is 2.73 bits per heavy atom. The van der Waals surface area contributed by atoms with Gasteiger partial charge in [-0.2, -0.15) is 0 Å². The average molecular weight is 205 g/mol. The summed E-state index contributed by atoms with van der Waals surface area (Å²) in [5.41, 5.74) is 5.92. The number of rotatable bonds is 3. The molecule has 1 aromatic rings. The molecular formula is C13H19NO. The highest BCUT2D eigenvalue weighted by Gasteiger charge is 2.25. The fourth-order valence-electron chi connectivity index (χ4n) is 1.90. The molecular weight excluding hydrogens is 186 g/mol. The molecule has 82 valence electrons. The maximum absolute atomic E-state index is 5.50. The van der Waals surface area contributed by atoms with Gasteiger partial charge in [-0.1, -0.05) is 24.3 Å². The van der Waals surface area contributed by atoms with Crippen LogP contribution in [0, 0.1) is 0 Å². The van der Waals surface area contributed by atoms with Crippen molar-refractivity contribution in [3.63, 3.8) is 0 Å². The molecule has 15 heavy (non-hydrogen) atoms. The molecule has 2 nitrogen and oxygen atoms in total. The van der Waals surface area contributed by atoms with E-state index in [9.17, 15) is 0 Å². The second-order valence-corrected chi connectivity index (χ2v) is 5.16. The third-order valence-corrected chi connectivity index (χ3v) is 2.67. The summed E-state index contributed by atoms with van der Waals surface area (Å²) >= 11 is 0. The Kier molecular flexibility index (Phi) is 2.81. The highest BCUT2D eigenvalue weighted by atomic mass is 16.7. The first-order valence-corrected chi connectivity index (χ1v) is 5.55. The molecule has 1 atom stereocenters. The first kappa shape index (κ1) is 10.7. The van der Waals surface area contributed by atoms with Crippen LogP contribution < -0.4 is 5.48 Å². The van der Waals surface area contributed by atoms with Crippen molar-refractivity contribution in [3.05, 3.63) is 35.4 Å². The molecule has 0 aromatic heterocycles. The van der Waals surface area contributed by atoms with Gasteiger partial charge in [0.1, 0.15) is 0 Å². The minimum atomic E-state index is -0.108. The zero-order valence-electron chi connectivity index (χ0n) is 9.71. The molecule has 2 rings (SSSR count). The molecule has 1 unspecified atom stereocenters. The molecule has 0 spiro atoms. The van der Waals surface area contributed by atoms with E-state index in [4.69, 9.17) is 4.84 Å². The van der Waals surface area contributed by atoms with Crippen LogP contribution in [-0.4, -0.2) is 12.1 Å². The summed E-state index contributed by atoms with van der Waals surface area (Å²) in [7, 11) is 0. The van der Waals surface area contributed by atoms with E-state index in [2.05, 4.69) is 50.5 Å². The molecule has 2 heteroatoms. The molecule has 0 aliphatic heterocycles. The third-order valence-electron chi connectivity index (χ3n) is 2.67. The fraction of sp³-hybridized carbons (Fsp3) is 0.538. The molecule has 0 bridgehead atoms. The molecule has 1 N–H and O–H groups in total. The normalized spacial score (nSPS) is 19.5. The Hall–Kier alpha value is -0.860. The quantitative estimate of drug-likeness (QED) is 0.766. The molecule has 1 aliphatic rings. The number of hydrogen-bond donors (Lipinski definition) is 1. The van der Waals surface area contributed by atoms with E-state index in [1.165, 1.54) is 17.5 Å². The molecule has 0 saturated carbocycles. The molecule has 1 aromatic carbocycles. The van der Waals surface area contributed by atoms with Gasteiger partial charge in [0.05, 0.1) is 5.60 Å². The van der Waals surface area contributed by atoms with Crippen LogP contribution in [0.5, 0.6) is 0 Å². The van der Waals surface area contributed by atoms with Crippen molar-refractivity contribution < 1.29 is 4.84 Å². The van der Waals surface area contributed by atoms with Gasteiger partial charge in [-0.25, -0.2) is 5.48 Å². The van der Waals surface area contributed by atoms with Gasteiger partial charge in [0.15, 0.2) is 0 Å². The lowest BCUT2D eigenvalue weighted by Crippen LogP contribution is -2.34. The zero-order valence-corrected chi connectivity index (χ0v) is 9.71. The summed E-state index contributed by atoms with van der Waals surface area (Å²) in [5.74, 6) is 0.628. The molecule has 0 fully saturated rings. The van der Waals surface area contributed by atoms with Gasteiger partial charge in [-0.3, -0.25) is 4.84 Å². The van der Waals surface area contributed by atoms with Crippen molar-refractivity contribution in [1.29, 1.82) is 0 Å². The number of hydrogen-bond acceptors (Lipinski definition) is 2. The van der Waals surface area contributed by atoms with E-state index in [1.54, 1.807) is 0 Å². The van der Waals surface area contributed by atoms with Gasteiger partial charge in [0, 0.05) is 12.5 Å². The van der Waals surface area contributed by atoms with Gasteiger partial charge >= 0.3 is 0 Å². The van der Waals surface area contributed by atoms with Crippen LogP contribution in [-0.2, 0) is 11.3 Å². The maximum Gasteiger partial charge on any atom is 0.0812 e. The van der Waals surface area contributed by atoms with Gasteiger partial charge in [0.2, 0.25) is 0 Å². The third kappa shape index (κ3) is 2.58. The van der Waals surface area contributed by atoms with Crippen LogP contribution in [0.1, 0.15) is 37.8 Å². The lowest BCUT2D eigenvalue weighted by molar-refractivity contribution is -0.0747. The summed E-state index contributed by atoms with van der Waals surface area (Å²) in [4.78, 5) is 5.50. The topological polar surface area (TPSA) is 21.3 Å². The van der Waals surface area contributed by atoms with Crippen LogP contribution >= 0.6 is 0 Å². The second-order valence-electron chi connectivity index (χ2n) is 5.16. The Balaban J connectivity index is 1.81. The van der Waals surface area contributed by atoms with Crippen molar-refractivity contribution in [2.45, 2.75) is 38.7 Å². The molecule has 1 aliphatic carbocycles. The molecule has 0 amide bonds. The SMILES string of the molecule is CC(C)(C)ONCC1Cc2ccccc21. The predicted molar refractivity (Wildman–Crippen MR) is 61.7 cm³/mol. The fourth-order valence-corrected chi connectivity index (χ4v) is 1.90. The first-order valence-electron chi connectivity index (χ1n) is 5.55. The lowest BCUT2D eigenvalue weighted by atomic mass is 9.78. The molecule has 0 heterocycles. The summed E-state index contributed by atoms with van der Waals surface area (Å²) in [6.07, 6.45) is 1.18. The Bertz CT molecular complexity index is 341. The predicted octanol–water partition coefficient (Wildman–Crippen LogP) is 2.65. The Labute approximate surface area is 91.6 Å². The van der Waals surface area contributed by atoms with Crippen molar-refractivity contribution in [1.82, 2.24) is 5.48 Å². The van der Waals surface area contributed by atoms with E-state index < -0.39 is 0 Å². The van der Waals surface area contributed by atoms with Crippen molar-refractivity contribution in [2.24, 2.45) is 0 Å². The van der Waals surface area contributed by atoms with E-state index in [0.717, 1.165) is 6.54 Å². The van der Waals surface area contributed by atoms with Crippen molar-refractivity contribution in [3.8, 4) is 0 Å². The first-order chi connectivity index (χ1) is 7.06. The highest BCUT2D eigenvalue weighted by molar-refractivity contribution is 5.39. The van der Waals surface area contributed by atoms with Gasteiger partial charge < -0.3 is 0 Å². The summed E-state index contributed by atoms with van der Waals surface area (Å²) in [6.45, 7) is 7.06. The number of fused-ring (bicyclic) bond motifs is 1. The molecule has 0 saturated heterocycles. The van der Waals surface area contributed by atoms with E-state index in [1.807, 2.05) is 0 Å². The van der Waals surface area contributed by atoms with E-state index >= 15 is 0 Å². The van der Waals surface area contributed by atoms with Gasteiger partial charge in [0.25, 0.3) is 0 Å². The van der Waals surface area contributed by atoms with Crippen molar-refractivity contribution >= 4 is 0 Å². The molecule has 0 radical (unpaired) electrons. The van der Waals surface area contributed by atoms with Gasteiger partial charge in [-0.05, 0) is 38.3 Å². The highest BCUT2D eigenvalue weighted by Crippen LogP contribution is 2.34. The lowest BCUT2D eigenvalue weighted by Gasteiger charge is -2.31. The second kappa shape index (κ2) is 3.95. The maximum atomic E-state index is 5.50. The van der Waals surface area contributed by atoms with Crippen molar-refractivity contribution in [2.75, 3.05) is 6.54 Å². The van der Waals surface area contributed by atoms with E-state index in [-0.39, 0.29) is 5.60 Å². The Morgan fingerprint density at radius 1 is 1.33 bits per heavy atom. The largest absolute Gasteiger partial charge is 0.296 e. The van der Waals surface area contributed by atoms with Crippen LogP contribution in [0.2, 0.25) is 0 Å². The standard InChI is InChI=1S/C13H19NO/c1-13(2,3)15-14-9-11-8-10-6-4-5-7-12(10)11/h4-7,11,14H,8-9H2,1-3H3. The van der Waals surface area contributed by atoms with Crippen LogP contribution in [0.25, 0.3) is 0 Å². The number of benzene rings is 1. The Morgan fingerprint density at radius 2 is 2.07 bits per heavy atom. The van der Waals surface area contributed by atoms with E-state index in [0.29, 0.717) is 5.92 Å². The average Bonchev–Trinajstić information content (AvgIpc) is 2.11. The minimum absolute atomic E-state index is 0.108. The van der Waals surface area contributed by atoms with Gasteiger partial charge in [-0.15, -0.1) is 0 Å². The summed E-state index contributed by atoms with van der Waals surface area (Å²) < 4.78 is 0. The summed E-state index contributed by atoms with van der Waals surface area (Å²) in [5, 5.41) is 0. The van der Waals surface area contributed by atoms with Crippen LogP contribution in [0.4, 0.5) is 0 Å². The monoisotopic (exact) mass is 205 g/mol. The zero-order chi connectivity index (χ0) is 10.9. The minimum Gasteiger partial charge on any atom is -0.296 e. The van der Waals surface area contributed by atoms with Crippen LogP contribution in [0.15, 0.2) is 24.3 Å². The summed E-state index contributed by atoms with van der Waals surface area (Å²) in [6, 6.07) is 8.63. The smallest absolute Gasteiger partial charge is 0.0812 e. The number of nitrogens with one attached hydrogen (secondary N) is 1. The van der Waals surface area contributed by atoms with Crippen LogP contribution in [0.3, 0.4) is 0 Å². The number of hydroxylamine groups is 1.